The molecule has 106 valence electrons. The molecule has 0 bridgehead atoms. The largest absolute Gasteiger partial charge is 0.351 e. The first kappa shape index (κ1) is 15.5. The Morgan fingerprint density at radius 2 is 2.37 bits per heavy atom. The van der Waals surface area contributed by atoms with E-state index in [1.54, 1.807) is 0 Å². The highest BCUT2D eigenvalue weighted by Crippen LogP contribution is 2.12. The minimum atomic E-state index is -0.529. The lowest BCUT2D eigenvalue weighted by Gasteiger charge is -2.22. The van der Waals surface area contributed by atoms with Crippen molar-refractivity contribution in [1.82, 2.24) is 15.6 Å². The summed E-state index contributed by atoms with van der Waals surface area (Å²) in [6, 6.07) is 1.24. The van der Waals surface area contributed by atoms with Crippen molar-refractivity contribution < 1.29 is 9.72 Å². The molecule has 1 unspecified atom stereocenters. The van der Waals surface area contributed by atoms with Crippen LogP contribution >= 0.6 is 12.4 Å². The van der Waals surface area contributed by atoms with E-state index < -0.39 is 4.92 Å². The van der Waals surface area contributed by atoms with Crippen molar-refractivity contribution in [2.45, 2.75) is 12.8 Å². The summed E-state index contributed by atoms with van der Waals surface area (Å²) in [5.41, 5.74) is 0.130. The fraction of sp³-hybridized carbons (Fsp3) is 0.545. The van der Waals surface area contributed by atoms with Crippen molar-refractivity contribution in [2.24, 2.45) is 5.92 Å². The van der Waals surface area contributed by atoms with Crippen LogP contribution in [0.5, 0.6) is 0 Å². The number of piperidine rings is 1. The standard InChI is InChI=1S/C11H16N4O3.ClH/c16-11(10-4-9(7-13-10)15(17)18)14-6-8-2-1-3-12-5-8;/h4,7-8,12-13H,1-3,5-6H2,(H,14,16);1H. The number of carbonyl (C=O) groups is 1. The van der Waals surface area contributed by atoms with Gasteiger partial charge in [0.15, 0.2) is 0 Å². The second-order valence-electron chi connectivity index (χ2n) is 4.45. The number of nitrogens with zero attached hydrogens (tertiary/aromatic N) is 1. The molecule has 7 nitrogen and oxygen atoms in total. The van der Waals surface area contributed by atoms with E-state index in [-0.39, 0.29) is 29.7 Å². The van der Waals surface area contributed by atoms with E-state index in [0.717, 1.165) is 25.9 Å². The molecular weight excluding hydrogens is 272 g/mol. The van der Waals surface area contributed by atoms with Gasteiger partial charge >= 0.3 is 0 Å². The van der Waals surface area contributed by atoms with E-state index in [2.05, 4.69) is 15.6 Å². The Labute approximate surface area is 116 Å². The predicted molar refractivity (Wildman–Crippen MR) is 72.6 cm³/mol. The zero-order valence-electron chi connectivity index (χ0n) is 10.3. The SMILES string of the molecule is Cl.O=C(NCC1CCCNC1)c1cc([N+](=O)[O-])c[nH]1. The predicted octanol–water partition coefficient (Wildman–Crippen LogP) is 1.07. The molecule has 2 rings (SSSR count). The van der Waals surface area contributed by atoms with Crippen LogP contribution in [-0.2, 0) is 0 Å². The Kier molecular flexibility index (Phi) is 5.78. The number of aromatic nitrogens is 1. The number of nitrogens with one attached hydrogen (secondary N) is 3. The van der Waals surface area contributed by atoms with Gasteiger partial charge in [-0.2, -0.15) is 0 Å². The highest BCUT2D eigenvalue weighted by atomic mass is 35.5. The smallest absolute Gasteiger partial charge is 0.287 e. The molecule has 1 fully saturated rings. The van der Waals surface area contributed by atoms with Crippen LogP contribution in [-0.4, -0.2) is 35.4 Å². The molecule has 2 heterocycles. The van der Waals surface area contributed by atoms with Gasteiger partial charge in [-0.05, 0) is 31.8 Å². The number of aromatic amines is 1. The van der Waals surface area contributed by atoms with Gasteiger partial charge in [0.05, 0.1) is 11.1 Å². The minimum absolute atomic E-state index is 0. The minimum Gasteiger partial charge on any atom is -0.351 e. The maximum Gasteiger partial charge on any atom is 0.287 e. The van der Waals surface area contributed by atoms with Crippen molar-refractivity contribution in [3.8, 4) is 0 Å². The zero-order chi connectivity index (χ0) is 13.0. The molecular formula is C11H17ClN4O3. The number of hydrogen-bond donors (Lipinski definition) is 3. The van der Waals surface area contributed by atoms with Crippen LogP contribution < -0.4 is 10.6 Å². The summed E-state index contributed by atoms with van der Waals surface area (Å²) in [5.74, 6) is 0.140. The lowest BCUT2D eigenvalue weighted by molar-refractivity contribution is -0.384. The van der Waals surface area contributed by atoms with Gasteiger partial charge in [-0.25, -0.2) is 0 Å². The fourth-order valence-electron chi connectivity index (χ4n) is 2.05. The van der Waals surface area contributed by atoms with Crippen LogP contribution in [0.1, 0.15) is 23.3 Å². The first-order chi connectivity index (χ1) is 8.66. The van der Waals surface area contributed by atoms with Crippen LogP contribution in [0.15, 0.2) is 12.3 Å². The number of nitro groups is 1. The van der Waals surface area contributed by atoms with Crippen LogP contribution in [0.25, 0.3) is 0 Å². The number of hydrogen-bond acceptors (Lipinski definition) is 4. The summed E-state index contributed by atoms with van der Waals surface area (Å²) in [6.45, 7) is 2.54. The quantitative estimate of drug-likeness (QED) is 0.570. The maximum absolute atomic E-state index is 11.7. The summed E-state index contributed by atoms with van der Waals surface area (Å²) in [4.78, 5) is 24.3. The number of carbonyl (C=O) groups excluding carboxylic acids is 1. The number of H-pyrrole nitrogens is 1. The van der Waals surface area contributed by atoms with Gasteiger partial charge in [-0.1, -0.05) is 0 Å². The average molecular weight is 289 g/mol. The molecule has 0 spiro atoms. The van der Waals surface area contributed by atoms with E-state index >= 15 is 0 Å². The van der Waals surface area contributed by atoms with Crippen molar-refractivity contribution in [3.05, 3.63) is 28.1 Å². The van der Waals surface area contributed by atoms with Gasteiger partial charge in [0, 0.05) is 12.6 Å². The summed E-state index contributed by atoms with van der Waals surface area (Å²) in [5, 5.41) is 16.5. The fourth-order valence-corrected chi connectivity index (χ4v) is 2.05. The van der Waals surface area contributed by atoms with Gasteiger partial charge in [-0.15, -0.1) is 12.4 Å². The van der Waals surface area contributed by atoms with Crippen molar-refractivity contribution in [3.63, 3.8) is 0 Å². The molecule has 0 aromatic carbocycles. The van der Waals surface area contributed by atoms with E-state index in [4.69, 9.17) is 0 Å². The van der Waals surface area contributed by atoms with Crippen molar-refractivity contribution in [2.75, 3.05) is 19.6 Å². The average Bonchev–Trinajstić information content (AvgIpc) is 2.87. The third-order valence-electron chi connectivity index (χ3n) is 3.07. The van der Waals surface area contributed by atoms with E-state index in [1.807, 2.05) is 0 Å². The molecule has 1 aromatic heterocycles. The Hall–Kier alpha value is -1.60. The second kappa shape index (κ2) is 7.10. The lowest BCUT2D eigenvalue weighted by Crippen LogP contribution is -2.38. The maximum atomic E-state index is 11.7. The van der Waals surface area contributed by atoms with E-state index in [9.17, 15) is 14.9 Å². The third kappa shape index (κ3) is 4.22. The van der Waals surface area contributed by atoms with Gasteiger partial charge < -0.3 is 15.6 Å². The highest BCUT2D eigenvalue weighted by molar-refractivity contribution is 5.93. The molecule has 8 heteroatoms. The van der Waals surface area contributed by atoms with Gasteiger partial charge in [0.25, 0.3) is 11.6 Å². The number of amides is 1. The topological polar surface area (TPSA) is 100 Å². The van der Waals surface area contributed by atoms with Gasteiger partial charge in [-0.3, -0.25) is 14.9 Å². The third-order valence-corrected chi connectivity index (χ3v) is 3.07. The first-order valence-corrected chi connectivity index (χ1v) is 5.98. The summed E-state index contributed by atoms with van der Waals surface area (Å²) < 4.78 is 0. The van der Waals surface area contributed by atoms with E-state index in [1.165, 1.54) is 12.3 Å². The second-order valence-corrected chi connectivity index (χ2v) is 4.45. The molecule has 1 aliphatic heterocycles. The molecule has 0 saturated carbocycles. The van der Waals surface area contributed by atoms with Crippen LogP contribution in [0.2, 0.25) is 0 Å². The van der Waals surface area contributed by atoms with Crippen molar-refractivity contribution >= 4 is 24.0 Å². The molecule has 0 aliphatic carbocycles. The number of rotatable bonds is 4. The summed E-state index contributed by atoms with van der Waals surface area (Å²) >= 11 is 0. The monoisotopic (exact) mass is 288 g/mol. The van der Waals surface area contributed by atoms with E-state index in [0.29, 0.717) is 12.5 Å². The molecule has 1 aromatic rings. The molecule has 19 heavy (non-hydrogen) atoms. The zero-order valence-corrected chi connectivity index (χ0v) is 11.2. The molecule has 3 N–H and O–H groups in total. The Morgan fingerprint density at radius 3 is 2.95 bits per heavy atom. The van der Waals surface area contributed by atoms with Gasteiger partial charge in [0.1, 0.15) is 5.69 Å². The summed E-state index contributed by atoms with van der Waals surface area (Å²) in [7, 11) is 0. The normalized spacial score (nSPS) is 18.4. The molecule has 1 atom stereocenters. The highest BCUT2D eigenvalue weighted by Gasteiger charge is 2.17. The summed E-state index contributed by atoms with van der Waals surface area (Å²) in [6.07, 6.45) is 3.43. The van der Waals surface area contributed by atoms with Crippen molar-refractivity contribution in [1.29, 1.82) is 0 Å². The Bertz CT molecular complexity index is 443. The molecule has 1 aliphatic rings. The Balaban J connectivity index is 0.00000180. The Morgan fingerprint density at radius 1 is 1.58 bits per heavy atom. The number of halogens is 1. The molecule has 1 saturated heterocycles. The molecule has 0 radical (unpaired) electrons. The van der Waals surface area contributed by atoms with Crippen LogP contribution in [0, 0.1) is 16.0 Å². The van der Waals surface area contributed by atoms with Crippen LogP contribution in [0.4, 0.5) is 5.69 Å². The lowest BCUT2D eigenvalue weighted by atomic mass is 10.00. The van der Waals surface area contributed by atoms with Gasteiger partial charge in [0.2, 0.25) is 0 Å². The van der Waals surface area contributed by atoms with Crippen LogP contribution in [0.3, 0.4) is 0 Å². The molecule has 1 amide bonds. The first-order valence-electron chi connectivity index (χ1n) is 5.98.